The first-order chi connectivity index (χ1) is 8.30. The van der Waals surface area contributed by atoms with Gasteiger partial charge in [-0.2, -0.15) is 0 Å². The monoisotopic (exact) mass is 349 g/mol. The maximum atomic E-state index is 12.3. The molecule has 0 spiro atoms. The Morgan fingerprint density at radius 3 is 2.22 bits per heavy atom. The summed E-state index contributed by atoms with van der Waals surface area (Å²) >= 11 is 18.5. The van der Waals surface area contributed by atoms with Crippen LogP contribution in [0.4, 0.5) is 0 Å². The molecule has 104 valence electrons. The van der Waals surface area contributed by atoms with Gasteiger partial charge in [0.05, 0.1) is 4.34 Å². The Hall–Kier alpha value is 0.480. The van der Waals surface area contributed by atoms with Crippen LogP contribution >= 0.6 is 46.1 Å². The first-order valence-corrected chi connectivity index (χ1v) is 8.94. The van der Waals surface area contributed by atoms with E-state index < -0.39 is 15.6 Å². The molecular weight excluding hydrogens is 337 g/mol. The lowest BCUT2D eigenvalue weighted by atomic mass is 9.97. The molecule has 1 aromatic heterocycles. The molecule has 0 radical (unpaired) electrons. The minimum atomic E-state index is -3.70. The Morgan fingerprint density at radius 1 is 1.33 bits per heavy atom. The standard InChI is InChI=1S/C10H14Cl3NO2S2/c1-3-10(4-2,6-11)14-18(15,16)7-5-8(12)17-9(7)13/h5,14H,3-4,6H2,1-2H3. The fourth-order valence-corrected chi connectivity index (χ4v) is 5.68. The molecule has 0 bridgehead atoms. The van der Waals surface area contributed by atoms with E-state index in [0.717, 1.165) is 11.3 Å². The molecule has 0 aliphatic carbocycles. The molecule has 0 atom stereocenters. The van der Waals surface area contributed by atoms with Gasteiger partial charge in [0, 0.05) is 11.4 Å². The van der Waals surface area contributed by atoms with E-state index in [1.54, 1.807) is 0 Å². The number of hydrogen-bond acceptors (Lipinski definition) is 3. The first-order valence-electron chi connectivity index (χ1n) is 5.35. The number of halogens is 3. The van der Waals surface area contributed by atoms with E-state index in [1.807, 2.05) is 13.8 Å². The largest absolute Gasteiger partial charge is 0.243 e. The third-order valence-electron chi connectivity index (χ3n) is 2.88. The van der Waals surface area contributed by atoms with Crippen molar-refractivity contribution < 1.29 is 8.42 Å². The minimum absolute atomic E-state index is 0.00978. The number of nitrogens with one attached hydrogen (secondary N) is 1. The lowest BCUT2D eigenvalue weighted by Crippen LogP contribution is -2.49. The SMILES string of the molecule is CCC(CC)(CCl)NS(=O)(=O)c1cc(Cl)sc1Cl. The second kappa shape index (κ2) is 6.29. The lowest BCUT2D eigenvalue weighted by Gasteiger charge is -2.30. The Labute approximate surface area is 126 Å². The molecule has 8 heteroatoms. The Balaban J connectivity index is 3.12. The number of thiophene rings is 1. The van der Waals surface area contributed by atoms with Crippen LogP contribution < -0.4 is 4.72 Å². The molecule has 1 rings (SSSR count). The summed E-state index contributed by atoms with van der Waals surface area (Å²) in [6, 6.07) is 1.35. The summed E-state index contributed by atoms with van der Waals surface area (Å²) < 4.78 is 27.6. The van der Waals surface area contributed by atoms with Crippen molar-refractivity contribution in [1.29, 1.82) is 0 Å². The van der Waals surface area contributed by atoms with Gasteiger partial charge in [-0.1, -0.05) is 37.0 Å². The average molecular weight is 351 g/mol. The molecule has 0 aliphatic heterocycles. The van der Waals surface area contributed by atoms with Gasteiger partial charge in [0.2, 0.25) is 10.0 Å². The maximum absolute atomic E-state index is 12.3. The van der Waals surface area contributed by atoms with E-state index in [0.29, 0.717) is 17.2 Å². The summed E-state index contributed by atoms with van der Waals surface area (Å²) in [4.78, 5) is 0.00978. The number of sulfonamides is 1. The molecule has 0 fully saturated rings. The summed E-state index contributed by atoms with van der Waals surface area (Å²) in [5.74, 6) is 0.203. The molecule has 0 saturated carbocycles. The number of rotatable bonds is 6. The molecule has 1 aromatic rings. The van der Waals surface area contributed by atoms with Gasteiger partial charge in [0.1, 0.15) is 9.23 Å². The van der Waals surface area contributed by atoms with Gasteiger partial charge in [0.15, 0.2) is 0 Å². The topological polar surface area (TPSA) is 46.2 Å². The summed E-state index contributed by atoms with van der Waals surface area (Å²) in [6.07, 6.45) is 1.20. The van der Waals surface area contributed by atoms with Crippen LogP contribution in [0.25, 0.3) is 0 Å². The number of hydrogen-bond donors (Lipinski definition) is 1. The highest BCUT2D eigenvalue weighted by Crippen LogP contribution is 2.35. The molecule has 0 amide bonds. The van der Waals surface area contributed by atoms with Gasteiger partial charge in [0.25, 0.3) is 0 Å². The van der Waals surface area contributed by atoms with Gasteiger partial charge < -0.3 is 0 Å². The highest BCUT2D eigenvalue weighted by molar-refractivity contribution is 7.89. The summed E-state index contributed by atoms with van der Waals surface area (Å²) in [5.41, 5.74) is -0.655. The average Bonchev–Trinajstić information content (AvgIpc) is 2.66. The lowest BCUT2D eigenvalue weighted by molar-refractivity contribution is 0.394. The molecule has 1 N–H and O–H groups in total. The molecule has 18 heavy (non-hydrogen) atoms. The van der Waals surface area contributed by atoms with Gasteiger partial charge >= 0.3 is 0 Å². The van der Waals surface area contributed by atoms with E-state index in [4.69, 9.17) is 34.8 Å². The third kappa shape index (κ3) is 3.52. The van der Waals surface area contributed by atoms with E-state index >= 15 is 0 Å². The molecule has 0 aliphatic rings. The number of alkyl halides is 1. The van der Waals surface area contributed by atoms with Crippen molar-refractivity contribution in [2.45, 2.75) is 37.1 Å². The van der Waals surface area contributed by atoms with Crippen LogP contribution in [0.5, 0.6) is 0 Å². The van der Waals surface area contributed by atoms with Crippen molar-refractivity contribution in [1.82, 2.24) is 4.72 Å². The van der Waals surface area contributed by atoms with Crippen LogP contribution in [0.2, 0.25) is 8.67 Å². The molecule has 0 unspecified atom stereocenters. The highest BCUT2D eigenvalue weighted by atomic mass is 35.5. The molecule has 1 heterocycles. The Kier molecular flexibility index (Phi) is 5.77. The van der Waals surface area contributed by atoms with Crippen molar-refractivity contribution in [3.8, 4) is 0 Å². The smallest absolute Gasteiger partial charge is 0.207 e. The Morgan fingerprint density at radius 2 is 1.89 bits per heavy atom. The normalized spacial score (nSPS) is 12.9. The van der Waals surface area contributed by atoms with Crippen LogP contribution in [0.3, 0.4) is 0 Å². The van der Waals surface area contributed by atoms with Crippen molar-refractivity contribution >= 4 is 56.2 Å². The van der Waals surface area contributed by atoms with Crippen molar-refractivity contribution in [2.24, 2.45) is 0 Å². The van der Waals surface area contributed by atoms with Gasteiger partial charge in [-0.15, -0.1) is 22.9 Å². The zero-order valence-electron chi connectivity index (χ0n) is 9.97. The van der Waals surface area contributed by atoms with E-state index in [1.165, 1.54) is 6.07 Å². The summed E-state index contributed by atoms with van der Waals surface area (Å²) in [5, 5.41) is 0. The quantitative estimate of drug-likeness (QED) is 0.784. The van der Waals surface area contributed by atoms with Gasteiger partial charge in [-0.3, -0.25) is 0 Å². The van der Waals surface area contributed by atoms with Crippen LogP contribution in [0.15, 0.2) is 11.0 Å². The maximum Gasteiger partial charge on any atom is 0.243 e. The van der Waals surface area contributed by atoms with Crippen molar-refractivity contribution in [3.63, 3.8) is 0 Å². The predicted molar refractivity (Wildman–Crippen MR) is 78.7 cm³/mol. The van der Waals surface area contributed by atoms with Crippen LogP contribution in [-0.2, 0) is 10.0 Å². The second-order valence-electron chi connectivity index (χ2n) is 3.92. The first kappa shape index (κ1) is 16.5. The van der Waals surface area contributed by atoms with Crippen LogP contribution in [0.1, 0.15) is 26.7 Å². The third-order valence-corrected chi connectivity index (χ3v) is 6.72. The molecule has 0 aromatic carbocycles. The highest BCUT2D eigenvalue weighted by Gasteiger charge is 2.33. The fourth-order valence-electron chi connectivity index (χ4n) is 1.46. The van der Waals surface area contributed by atoms with Crippen molar-refractivity contribution in [3.05, 3.63) is 14.7 Å². The Bertz CT molecular complexity index is 501. The fraction of sp³-hybridized carbons (Fsp3) is 0.600. The molecular formula is C10H14Cl3NO2S2. The zero-order chi connectivity index (χ0) is 14.0. The van der Waals surface area contributed by atoms with Crippen molar-refractivity contribution in [2.75, 3.05) is 5.88 Å². The van der Waals surface area contributed by atoms with E-state index in [-0.39, 0.29) is 15.1 Å². The van der Waals surface area contributed by atoms with Crippen LogP contribution in [-0.4, -0.2) is 19.8 Å². The summed E-state index contributed by atoms with van der Waals surface area (Å²) in [7, 11) is -3.70. The zero-order valence-corrected chi connectivity index (χ0v) is 13.9. The predicted octanol–water partition coefficient (Wildman–Crippen LogP) is 4.13. The molecule has 0 saturated heterocycles. The minimum Gasteiger partial charge on any atom is -0.207 e. The second-order valence-corrected chi connectivity index (χ2v) is 8.12. The van der Waals surface area contributed by atoms with Gasteiger partial charge in [-0.25, -0.2) is 13.1 Å². The van der Waals surface area contributed by atoms with Gasteiger partial charge in [-0.05, 0) is 18.9 Å². The van der Waals surface area contributed by atoms with Crippen LogP contribution in [0, 0.1) is 0 Å². The molecule has 3 nitrogen and oxygen atoms in total. The van der Waals surface area contributed by atoms with E-state index in [2.05, 4.69) is 4.72 Å². The van der Waals surface area contributed by atoms with E-state index in [9.17, 15) is 8.42 Å². The summed E-state index contributed by atoms with van der Waals surface area (Å²) in [6.45, 7) is 3.77.